The molecule has 0 aliphatic rings. The minimum Gasteiger partial charge on any atom is -0.497 e. The first kappa shape index (κ1) is 13.8. The van der Waals surface area contributed by atoms with E-state index >= 15 is 0 Å². The Labute approximate surface area is 104 Å². The summed E-state index contributed by atoms with van der Waals surface area (Å²) in [6.45, 7) is 6.87. The van der Waals surface area contributed by atoms with E-state index in [0.29, 0.717) is 0 Å². The van der Waals surface area contributed by atoms with Crippen molar-refractivity contribution < 1.29 is 9.47 Å². The van der Waals surface area contributed by atoms with Gasteiger partial charge in [0, 0.05) is 12.1 Å². The molecule has 96 valence electrons. The topological polar surface area (TPSA) is 30.5 Å². The molecule has 0 aromatic heterocycles. The van der Waals surface area contributed by atoms with Crippen molar-refractivity contribution in [3.63, 3.8) is 0 Å². The molecule has 0 amide bonds. The Morgan fingerprint density at radius 1 is 1.18 bits per heavy atom. The molecule has 1 aromatic carbocycles. The molecule has 0 radical (unpaired) electrons. The van der Waals surface area contributed by atoms with Crippen LogP contribution in [0.1, 0.15) is 32.3 Å². The smallest absolute Gasteiger partial charge is 0.124 e. The van der Waals surface area contributed by atoms with Crippen LogP contribution in [0.5, 0.6) is 11.5 Å². The van der Waals surface area contributed by atoms with Crippen LogP contribution in [0.25, 0.3) is 0 Å². The Balaban J connectivity index is 2.71. The number of methoxy groups -OCH3 is 1. The van der Waals surface area contributed by atoms with Crippen molar-refractivity contribution in [2.45, 2.75) is 33.2 Å². The summed E-state index contributed by atoms with van der Waals surface area (Å²) in [4.78, 5) is 0. The second-order valence-electron chi connectivity index (χ2n) is 4.00. The van der Waals surface area contributed by atoms with E-state index in [2.05, 4.69) is 19.2 Å². The van der Waals surface area contributed by atoms with Crippen molar-refractivity contribution in [2.24, 2.45) is 0 Å². The lowest BCUT2D eigenvalue weighted by atomic mass is 10.2. The van der Waals surface area contributed by atoms with E-state index in [4.69, 9.17) is 9.47 Å². The predicted molar refractivity (Wildman–Crippen MR) is 70.8 cm³/mol. The molecule has 0 aliphatic carbocycles. The summed E-state index contributed by atoms with van der Waals surface area (Å²) in [6, 6.07) is 5.96. The van der Waals surface area contributed by atoms with Crippen molar-refractivity contribution in [1.29, 1.82) is 0 Å². The normalized spacial score (nSPS) is 10.3. The van der Waals surface area contributed by atoms with E-state index in [1.165, 1.54) is 0 Å². The largest absolute Gasteiger partial charge is 0.497 e. The maximum atomic E-state index is 5.72. The van der Waals surface area contributed by atoms with Crippen molar-refractivity contribution in [3.05, 3.63) is 23.8 Å². The molecule has 1 rings (SSSR count). The highest BCUT2D eigenvalue weighted by molar-refractivity contribution is 5.40. The van der Waals surface area contributed by atoms with E-state index in [1.807, 2.05) is 18.2 Å². The van der Waals surface area contributed by atoms with E-state index in [9.17, 15) is 0 Å². The van der Waals surface area contributed by atoms with Crippen molar-refractivity contribution >= 4 is 0 Å². The molecule has 0 saturated carbocycles. The van der Waals surface area contributed by atoms with Gasteiger partial charge in [0.25, 0.3) is 0 Å². The van der Waals surface area contributed by atoms with Crippen molar-refractivity contribution in [2.75, 3.05) is 20.3 Å². The van der Waals surface area contributed by atoms with Crippen LogP contribution in [-0.2, 0) is 6.54 Å². The molecule has 0 bridgehead atoms. The maximum Gasteiger partial charge on any atom is 0.124 e. The van der Waals surface area contributed by atoms with Gasteiger partial charge in [-0.1, -0.05) is 13.8 Å². The molecule has 0 saturated heterocycles. The predicted octanol–water partition coefficient (Wildman–Crippen LogP) is 2.98. The van der Waals surface area contributed by atoms with Crippen LogP contribution >= 0.6 is 0 Å². The Hall–Kier alpha value is -1.22. The minimum absolute atomic E-state index is 0.757. The van der Waals surface area contributed by atoms with Crippen LogP contribution in [0.15, 0.2) is 18.2 Å². The lowest BCUT2D eigenvalue weighted by molar-refractivity contribution is 0.312. The van der Waals surface area contributed by atoms with E-state index < -0.39 is 0 Å². The Kier molecular flexibility index (Phi) is 6.48. The van der Waals surface area contributed by atoms with Crippen molar-refractivity contribution in [3.8, 4) is 11.5 Å². The number of ether oxygens (including phenoxy) is 2. The molecule has 0 heterocycles. The second kappa shape index (κ2) is 7.96. The number of hydrogen-bond acceptors (Lipinski definition) is 3. The van der Waals surface area contributed by atoms with Crippen molar-refractivity contribution in [1.82, 2.24) is 5.32 Å². The van der Waals surface area contributed by atoms with Gasteiger partial charge in [0.2, 0.25) is 0 Å². The second-order valence-corrected chi connectivity index (χ2v) is 4.00. The fourth-order valence-corrected chi connectivity index (χ4v) is 1.57. The van der Waals surface area contributed by atoms with Crippen LogP contribution in [0.2, 0.25) is 0 Å². The average molecular weight is 237 g/mol. The number of benzene rings is 1. The highest BCUT2D eigenvalue weighted by Gasteiger charge is 2.05. The van der Waals surface area contributed by atoms with Crippen LogP contribution in [0.4, 0.5) is 0 Å². The van der Waals surface area contributed by atoms with Gasteiger partial charge >= 0.3 is 0 Å². The zero-order valence-corrected chi connectivity index (χ0v) is 11.1. The molecule has 0 atom stereocenters. The van der Waals surface area contributed by atoms with Gasteiger partial charge in [0.1, 0.15) is 11.5 Å². The van der Waals surface area contributed by atoms with E-state index in [1.54, 1.807) is 7.11 Å². The first-order chi connectivity index (χ1) is 8.31. The highest BCUT2D eigenvalue weighted by atomic mass is 16.5. The third-order valence-electron chi connectivity index (χ3n) is 2.47. The molecule has 1 N–H and O–H groups in total. The van der Waals surface area contributed by atoms with Gasteiger partial charge < -0.3 is 14.8 Å². The van der Waals surface area contributed by atoms with Crippen LogP contribution < -0.4 is 14.8 Å². The lowest BCUT2D eigenvalue weighted by Crippen LogP contribution is -2.15. The third kappa shape index (κ3) is 4.65. The van der Waals surface area contributed by atoms with E-state index in [-0.39, 0.29) is 0 Å². The van der Waals surface area contributed by atoms with Gasteiger partial charge in [-0.15, -0.1) is 0 Å². The maximum absolute atomic E-state index is 5.72. The summed E-state index contributed by atoms with van der Waals surface area (Å²) in [5, 5.41) is 3.38. The molecule has 3 nitrogen and oxygen atoms in total. The van der Waals surface area contributed by atoms with Gasteiger partial charge in [0.15, 0.2) is 0 Å². The summed E-state index contributed by atoms with van der Waals surface area (Å²) in [6.07, 6.45) is 2.16. The Morgan fingerprint density at radius 2 is 2.00 bits per heavy atom. The van der Waals surface area contributed by atoms with Crippen LogP contribution in [-0.4, -0.2) is 20.3 Å². The molecule has 3 heteroatoms. The summed E-state index contributed by atoms with van der Waals surface area (Å²) >= 11 is 0. The summed E-state index contributed by atoms with van der Waals surface area (Å²) < 4.78 is 11.0. The summed E-state index contributed by atoms with van der Waals surface area (Å²) in [5.41, 5.74) is 1.16. The third-order valence-corrected chi connectivity index (χ3v) is 2.47. The van der Waals surface area contributed by atoms with Gasteiger partial charge in [0.05, 0.1) is 13.7 Å². The molecular formula is C14H23NO2. The standard InChI is InChI=1S/C14H23NO2/c1-4-8-15-11-12-10-13(16-3)6-7-14(12)17-9-5-2/h6-7,10,15H,4-5,8-9,11H2,1-3H3. The number of hydrogen-bond donors (Lipinski definition) is 1. The first-order valence-corrected chi connectivity index (χ1v) is 6.32. The zero-order valence-electron chi connectivity index (χ0n) is 11.1. The molecule has 1 aromatic rings. The highest BCUT2D eigenvalue weighted by Crippen LogP contribution is 2.24. The van der Waals surface area contributed by atoms with Gasteiger partial charge in [-0.05, 0) is 37.6 Å². The quantitative estimate of drug-likeness (QED) is 0.705. The molecular weight excluding hydrogens is 214 g/mol. The monoisotopic (exact) mass is 237 g/mol. The number of rotatable bonds is 8. The zero-order chi connectivity index (χ0) is 12.5. The molecule has 0 aliphatic heterocycles. The minimum atomic E-state index is 0.757. The number of nitrogens with one attached hydrogen (secondary N) is 1. The fourth-order valence-electron chi connectivity index (χ4n) is 1.57. The molecule has 0 unspecified atom stereocenters. The Morgan fingerprint density at radius 3 is 2.65 bits per heavy atom. The van der Waals surface area contributed by atoms with Crippen LogP contribution in [0.3, 0.4) is 0 Å². The summed E-state index contributed by atoms with van der Waals surface area (Å²) in [7, 11) is 1.69. The molecule has 0 fully saturated rings. The Bertz CT molecular complexity index is 326. The first-order valence-electron chi connectivity index (χ1n) is 6.32. The lowest BCUT2D eigenvalue weighted by Gasteiger charge is -2.13. The van der Waals surface area contributed by atoms with E-state index in [0.717, 1.165) is 49.6 Å². The van der Waals surface area contributed by atoms with Gasteiger partial charge in [-0.2, -0.15) is 0 Å². The molecule has 0 spiro atoms. The van der Waals surface area contributed by atoms with Gasteiger partial charge in [-0.3, -0.25) is 0 Å². The summed E-state index contributed by atoms with van der Waals surface area (Å²) in [5.74, 6) is 1.83. The molecule has 17 heavy (non-hydrogen) atoms. The fraction of sp³-hybridized carbons (Fsp3) is 0.571. The van der Waals surface area contributed by atoms with Crippen LogP contribution in [0, 0.1) is 0 Å². The SMILES string of the molecule is CCCNCc1cc(OC)ccc1OCCC. The van der Waals surface area contributed by atoms with Gasteiger partial charge in [-0.25, -0.2) is 0 Å². The average Bonchev–Trinajstić information content (AvgIpc) is 2.37.